The average molecular weight is 283 g/mol. The van der Waals surface area contributed by atoms with Crippen LogP contribution in [0, 0.1) is 5.92 Å². The number of amides is 1. The topological polar surface area (TPSA) is 75.6 Å². The van der Waals surface area contributed by atoms with Crippen LogP contribution in [0.2, 0.25) is 0 Å². The molecule has 0 heterocycles. The molecule has 0 unspecified atom stereocenters. The molecule has 5 heteroatoms. The Morgan fingerprint density at radius 2 is 1.75 bits per heavy atom. The third kappa shape index (κ3) is 6.08. The molecule has 0 aromatic heterocycles. The minimum absolute atomic E-state index is 0.124. The number of nitrogens with one attached hydrogen (secondary N) is 1. The number of allylic oxidation sites excluding steroid dienone is 1. The number of carboxylic acid groups (broad SMARTS) is 1. The van der Waals surface area contributed by atoms with Crippen molar-refractivity contribution >= 4 is 12.1 Å². The molecule has 0 aliphatic heterocycles. The molecule has 0 radical (unpaired) electrons. The summed E-state index contributed by atoms with van der Waals surface area (Å²) in [6.45, 7) is 7.37. The lowest BCUT2D eigenvalue weighted by molar-refractivity contribution is -0.131. The van der Waals surface area contributed by atoms with E-state index in [0.717, 1.165) is 31.3 Å². The maximum Gasteiger partial charge on any atom is 0.407 e. The molecule has 0 saturated heterocycles. The third-order valence-electron chi connectivity index (χ3n) is 3.44. The van der Waals surface area contributed by atoms with Gasteiger partial charge in [-0.05, 0) is 59.3 Å². The summed E-state index contributed by atoms with van der Waals surface area (Å²) in [5.74, 6) is -0.584. The van der Waals surface area contributed by atoms with Crippen molar-refractivity contribution in [2.24, 2.45) is 5.92 Å². The molecule has 114 valence electrons. The van der Waals surface area contributed by atoms with Crippen molar-refractivity contribution in [1.29, 1.82) is 0 Å². The number of rotatable bonds is 3. The monoisotopic (exact) mass is 283 g/mol. The van der Waals surface area contributed by atoms with Gasteiger partial charge in [-0.2, -0.15) is 0 Å². The second-order valence-corrected chi connectivity index (χ2v) is 6.42. The van der Waals surface area contributed by atoms with Crippen LogP contribution in [-0.2, 0) is 9.53 Å². The maximum atomic E-state index is 11.7. The number of alkyl carbamates (subject to hydrolysis) is 1. The Balaban J connectivity index is 2.39. The lowest BCUT2D eigenvalue weighted by atomic mass is 9.82. The fraction of sp³-hybridized carbons (Fsp3) is 0.733. The predicted molar refractivity (Wildman–Crippen MR) is 76.5 cm³/mol. The summed E-state index contributed by atoms with van der Waals surface area (Å²) in [5.41, 5.74) is 0.426. The molecule has 1 rings (SSSR count). The molecule has 0 spiro atoms. The van der Waals surface area contributed by atoms with Crippen LogP contribution in [0.5, 0.6) is 0 Å². The highest BCUT2D eigenvalue weighted by Gasteiger charge is 2.25. The SMILES string of the molecule is C/C(=C\C(=O)O)[C@H]1CC[C@H](NC(=O)OC(C)(C)C)CC1. The van der Waals surface area contributed by atoms with Gasteiger partial charge in [0.2, 0.25) is 0 Å². The van der Waals surface area contributed by atoms with Crippen molar-refractivity contribution in [3.8, 4) is 0 Å². The van der Waals surface area contributed by atoms with Gasteiger partial charge < -0.3 is 15.2 Å². The molecule has 2 N–H and O–H groups in total. The minimum Gasteiger partial charge on any atom is -0.478 e. The molecule has 1 amide bonds. The number of carbonyl (C=O) groups is 2. The van der Waals surface area contributed by atoms with E-state index in [9.17, 15) is 9.59 Å². The lowest BCUT2D eigenvalue weighted by Gasteiger charge is -2.30. The molecule has 0 bridgehead atoms. The summed E-state index contributed by atoms with van der Waals surface area (Å²) in [5, 5.41) is 11.6. The first-order valence-corrected chi connectivity index (χ1v) is 7.08. The van der Waals surface area contributed by atoms with E-state index in [2.05, 4.69) is 5.32 Å². The molecule has 0 aromatic rings. The van der Waals surface area contributed by atoms with Gasteiger partial charge in [0.1, 0.15) is 5.60 Å². The average Bonchev–Trinajstić information content (AvgIpc) is 2.26. The standard InChI is InChI=1S/C15H25NO4/c1-10(9-13(17)18)11-5-7-12(8-6-11)16-14(19)20-15(2,3)4/h9,11-12H,5-8H2,1-4H3,(H,16,19)(H,17,18)/b10-9+/t11-,12-. The zero-order valence-electron chi connectivity index (χ0n) is 12.7. The van der Waals surface area contributed by atoms with E-state index in [-0.39, 0.29) is 12.1 Å². The summed E-state index contributed by atoms with van der Waals surface area (Å²) < 4.78 is 5.23. The molecular formula is C15H25NO4. The van der Waals surface area contributed by atoms with Crippen LogP contribution in [0.15, 0.2) is 11.6 Å². The molecule has 1 aliphatic rings. The first-order chi connectivity index (χ1) is 9.17. The Labute approximate surface area is 120 Å². The van der Waals surface area contributed by atoms with E-state index in [1.165, 1.54) is 6.08 Å². The fourth-order valence-electron chi connectivity index (χ4n) is 2.48. The quantitative estimate of drug-likeness (QED) is 0.780. The van der Waals surface area contributed by atoms with Gasteiger partial charge in [-0.1, -0.05) is 5.57 Å². The summed E-state index contributed by atoms with van der Waals surface area (Å²) in [6.07, 6.45) is 4.42. The Kier molecular flexibility index (Phi) is 5.60. The van der Waals surface area contributed by atoms with Crippen LogP contribution in [0.4, 0.5) is 4.79 Å². The van der Waals surface area contributed by atoms with Crippen LogP contribution >= 0.6 is 0 Å². The van der Waals surface area contributed by atoms with E-state index in [4.69, 9.17) is 9.84 Å². The number of carboxylic acids is 1. The lowest BCUT2D eigenvalue weighted by Crippen LogP contribution is -2.41. The Morgan fingerprint density at radius 1 is 1.20 bits per heavy atom. The molecule has 0 aromatic carbocycles. The van der Waals surface area contributed by atoms with Crippen molar-refractivity contribution in [2.45, 2.75) is 65.0 Å². The Morgan fingerprint density at radius 3 is 2.20 bits per heavy atom. The predicted octanol–water partition coefficient (Wildman–Crippen LogP) is 3.10. The Hall–Kier alpha value is -1.52. The molecule has 20 heavy (non-hydrogen) atoms. The molecule has 1 fully saturated rings. The third-order valence-corrected chi connectivity index (χ3v) is 3.44. The molecule has 0 atom stereocenters. The summed E-state index contributed by atoms with van der Waals surface area (Å²) in [4.78, 5) is 22.3. The molecule has 1 aliphatic carbocycles. The van der Waals surface area contributed by atoms with Crippen molar-refractivity contribution in [1.82, 2.24) is 5.32 Å². The second kappa shape index (κ2) is 6.77. The Bertz CT molecular complexity index is 387. The number of ether oxygens (including phenoxy) is 1. The first kappa shape index (κ1) is 16.5. The smallest absolute Gasteiger partial charge is 0.407 e. The van der Waals surface area contributed by atoms with E-state index >= 15 is 0 Å². The van der Waals surface area contributed by atoms with Gasteiger partial charge in [0, 0.05) is 12.1 Å². The van der Waals surface area contributed by atoms with E-state index in [1.807, 2.05) is 27.7 Å². The largest absolute Gasteiger partial charge is 0.478 e. The number of hydrogen-bond donors (Lipinski definition) is 2. The van der Waals surface area contributed by atoms with Gasteiger partial charge in [0.25, 0.3) is 0 Å². The van der Waals surface area contributed by atoms with E-state index < -0.39 is 11.6 Å². The zero-order chi connectivity index (χ0) is 15.3. The summed E-state index contributed by atoms with van der Waals surface area (Å²) >= 11 is 0. The first-order valence-electron chi connectivity index (χ1n) is 7.08. The zero-order valence-corrected chi connectivity index (χ0v) is 12.7. The van der Waals surface area contributed by atoms with Gasteiger partial charge in [-0.15, -0.1) is 0 Å². The van der Waals surface area contributed by atoms with Gasteiger partial charge in [0.05, 0.1) is 0 Å². The van der Waals surface area contributed by atoms with Crippen molar-refractivity contribution < 1.29 is 19.4 Å². The molecule has 1 saturated carbocycles. The van der Waals surface area contributed by atoms with E-state index in [1.54, 1.807) is 0 Å². The van der Waals surface area contributed by atoms with Gasteiger partial charge in [-0.25, -0.2) is 9.59 Å². The molecular weight excluding hydrogens is 258 g/mol. The molecule has 5 nitrogen and oxygen atoms in total. The normalized spacial score (nSPS) is 24.1. The van der Waals surface area contributed by atoms with Gasteiger partial charge in [0.15, 0.2) is 0 Å². The number of hydrogen-bond acceptors (Lipinski definition) is 3. The highest BCUT2D eigenvalue weighted by atomic mass is 16.6. The number of carbonyl (C=O) groups excluding carboxylic acids is 1. The van der Waals surface area contributed by atoms with Gasteiger partial charge >= 0.3 is 12.1 Å². The maximum absolute atomic E-state index is 11.7. The minimum atomic E-state index is -0.892. The van der Waals surface area contributed by atoms with Crippen LogP contribution in [-0.4, -0.2) is 28.8 Å². The van der Waals surface area contributed by atoms with Crippen molar-refractivity contribution in [3.63, 3.8) is 0 Å². The van der Waals surface area contributed by atoms with Crippen LogP contribution in [0.25, 0.3) is 0 Å². The number of aliphatic carboxylic acids is 1. The highest BCUT2D eigenvalue weighted by molar-refractivity contribution is 5.80. The van der Waals surface area contributed by atoms with Crippen molar-refractivity contribution in [2.75, 3.05) is 0 Å². The second-order valence-electron chi connectivity index (χ2n) is 6.42. The summed E-state index contributed by atoms with van der Waals surface area (Å²) in [6, 6.07) is 0.124. The van der Waals surface area contributed by atoms with Crippen LogP contribution in [0.1, 0.15) is 53.4 Å². The van der Waals surface area contributed by atoms with Crippen molar-refractivity contribution in [3.05, 3.63) is 11.6 Å². The highest BCUT2D eigenvalue weighted by Crippen LogP contribution is 2.29. The summed E-state index contributed by atoms with van der Waals surface area (Å²) in [7, 11) is 0. The van der Waals surface area contributed by atoms with Crippen LogP contribution in [0.3, 0.4) is 0 Å². The van der Waals surface area contributed by atoms with E-state index in [0.29, 0.717) is 5.92 Å². The fourth-order valence-corrected chi connectivity index (χ4v) is 2.48. The van der Waals surface area contributed by atoms with Gasteiger partial charge in [-0.3, -0.25) is 0 Å². The van der Waals surface area contributed by atoms with Crippen LogP contribution < -0.4 is 5.32 Å².